The Balaban J connectivity index is 2.04. The lowest BCUT2D eigenvalue weighted by Gasteiger charge is -2.24. The van der Waals surface area contributed by atoms with Gasteiger partial charge in [0.05, 0.1) is 0 Å². The van der Waals surface area contributed by atoms with Gasteiger partial charge in [0.1, 0.15) is 0 Å². The summed E-state index contributed by atoms with van der Waals surface area (Å²) in [6, 6.07) is 8.97. The molecule has 1 saturated carbocycles. The Labute approximate surface area is 103 Å². The van der Waals surface area contributed by atoms with Crippen LogP contribution >= 0.6 is 11.6 Å². The maximum atomic E-state index is 6.02. The van der Waals surface area contributed by atoms with Crippen molar-refractivity contribution >= 4 is 11.6 Å². The van der Waals surface area contributed by atoms with E-state index >= 15 is 0 Å². The van der Waals surface area contributed by atoms with Gasteiger partial charge in [-0.2, -0.15) is 0 Å². The summed E-state index contributed by atoms with van der Waals surface area (Å²) in [7, 11) is 2.07. The minimum absolute atomic E-state index is 0.443. The maximum Gasteiger partial charge on any atom is 0.0408 e. The molecule has 2 rings (SSSR count). The highest BCUT2D eigenvalue weighted by atomic mass is 35.5. The SMILES string of the molecule is CNC1CCC(C)(Cc2cccc(Cl)c2)C1. The van der Waals surface area contributed by atoms with Crippen LogP contribution in [0.1, 0.15) is 31.7 Å². The molecule has 0 amide bonds. The molecule has 1 fully saturated rings. The standard InChI is InChI=1S/C14H20ClN/c1-14(7-6-13(10-14)16-2)9-11-4-3-5-12(15)8-11/h3-5,8,13,16H,6-7,9-10H2,1-2H3. The van der Waals surface area contributed by atoms with Crippen molar-refractivity contribution in [2.45, 2.75) is 38.6 Å². The van der Waals surface area contributed by atoms with Crippen LogP contribution < -0.4 is 5.32 Å². The van der Waals surface area contributed by atoms with E-state index in [1.54, 1.807) is 0 Å². The zero-order valence-corrected chi connectivity index (χ0v) is 10.8. The van der Waals surface area contributed by atoms with Gasteiger partial charge in [-0.05, 0) is 55.8 Å². The van der Waals surface area contributed by atoms with E-state index < -0.39 is 0 Å². The summed E-state index contributed by atoms with van der Waals surface area (Å²) in [5, 5.41) is 4.24. The van der Waals surface area contributed by atoms with Gasteiger partial charge in [0.15, 0.2) is 0 Å². The third-order valence-electron chi connectivity index (χ3n) is 3.76. The fourth-order valence-corrected chi connectivity index (χ4v) is 3.08. The molecular formula is C14H20ClN. The van der Waals surface area contributed by atoms with E-state index in [4.69, 9.17) is 11.6 Å². The van der Waals surface area contributed by atoms with E-state index in [1.165, 1.54) is 24.8 Å². The first kappa shape index (κ1) is 11.9. The average Bonchev–Trinajstić information content (AvgIpc) is 2.60. The van der Waals surface area contributed by atoms with E-state index in [1.807, 2.05) is 12.1 Å². The molecule has 1 aliphatic carbocycles. The van der Waals surface area contributed by atoms with Crippen LogP contribution in [0.4, 0.5) is 0 Å². The van der Waals surface area contributed by atoms with Gasteiger partial charge in [-0.25, -0.2) is 0 Å². The molecule has 0 heterocycles. The van der Waals surface area contributed by atoms with Crippen molar-refractivity contribution in [2.75, 3.05) is 7.05 Å². The van der Waals surface area contributed by atoms with Crippen LogP contribution in [-0.4, -0.2) is 13.1 Å². The summed E-state index contributed by atoms with van der Waals surface area (Å²) < 4.78 is 0. The van der Waals surface area contributed by atoms with Crippen LogP contribution in [0, 0.1) is 5.41 Å². The molecule has 1 N–H and O–H groups in total. The predicted molar refractivity (Wildman–Crippen MR) is 70.0 cm³/mol. The summed E-state index contributed by atoms with van der Waals surface area (Å²) in [5.41, 5.74) is 1.81. The van der Waals surface area contributed by atoms with Gasteiger partial charge in [-0.3, -0.25) is 0 Å². The highest BCUT2D eigenvalue weighted by molar-refractivity contribution is 6.30. The fraction of sp³-hybridized carbons (Fsp3) is 0.571. The van der Waals surface area contributed by atoms with Crippen LogP contribution in [0.2, 0.25) is 5.02 Å². The first-order chi connectivity index (χ1) is 7.61. The van der Waals surface area contributed by atoms with E-state index in [9.17, 15) is 0 Å². The molecule has 16 heavy (non-hydrogen) atoms. The lowest BCUT2D eigenvalue weighted by atomic mass is 9.82. The molecule has 0 saturated heterocycles. The molecule has 1 aromatic rings. The Morgan fingerprint density at radius 3 is 2.94 bits per heavy atom. The Bertz CT molecular complexity index is 364. The van der Waals surface area contributed by atoms with Crippen LogP contribution in [0.15, 0.2) is 24.3 Å². The number of nitrogens with one attached hydrogen (secondary N) is 1. The number of benzene rings is 1. The summed E-state index contributed by atoms with van der Waals surface area (Å²) in [5.74, 6) is 0. The molecule has 1 nitrogen and oxygen atoms in total. The van der Waals surface area contributed by atoms with Gasteiger partial charge in [0.2, 0.25) is 0 Å². The van der Waals surface area contributed by atoms with Crippen molar-refractivity contribution < 1.29 is 0 Å². The smallest absolute Gasteiger partial charge is 0.0408 e. The first-order valence-corrected chi connectivity index (χ1v) is 6.41. The lowest BCUT2D eigenvalue weighted by Crippen LogP contribution is -2.24. The number of hydrogen-bond acceptors (Lipinski definition) is 1. The van der Waals surface area contributed by atoms with Crippen LogP contribution in [0.25, 0.3) is 0 Å². The molecule has 0 spiro atoms. The quantitative estimate of drug-likeness (QED) is 0.846. The van der Waals surface area contributed by atoms with Gasteiger partial charge in [0.25, 0.3) is 0 Å². The summed E-state index contributed by atoms with van der Waals surface area (Å²) in [6.45, 7) is 2.39. The maximum absolute atomic E-state index is 6.02. The Hall–Kier alpha value is -0.530. The van der Waals surface area contributed by atoms with Gasteiger partial charge >= 0.3 is 0 Å². The van der Waals surface area contributed by atoms with Crippen molar-refractivity contribution in [1.29, 1.82) is 0 Å². The normalized spacial score (nSPS) is 29.6. The molecule has 2 unspecified atom stereocenters. The molecular weight excluding hydrogens is 218 g/mol. The zero-order chi connectivity index (χ0) is 11.6. The molecule has 0 aliphatic heterocycles. The third-order valence-corrected chi connectivity index (χ3v) is 4.00. The average molecular weight is 238 g/mol. The second-order valence-corrected chi connectivity index (χ2v) is 5.78. The largest absolute Gasteiger partial charge is 0.317 e. The molecule has 2 atom stereocenters. The van der Waals surface area contributed by atoms with Gasteiger partial charge in [0, 0.05) is 11.1 Å². The van der Waals surface area contributed by atoms with Crippen molar-refractivity contribution in [1.82, 2.24) is 5.32 Å². The van der Waals surface area contributed by atoms with Crippen LogP contribution in [-0.2, 0) is 6.42 Å². The Morgan fingerprint density at radius 1 is 1.50 bits per heavy atom. The lowest BCUT2D eigenvalue weighted by molar-refractivity contribution is 0.324. The van der Waals surface area contributed by atoms with Crippen molar-refractivity contribution in [3.05, 3.63) is 34.9 Å². The van der Waals surface area contributed by atoms with Gasteiger partial charge in [-0.15, -0.1) is 0 Å². The molecule has 88 valence electrons. The minimum Gasteiger partial charge on any atom is -0.317 e. The molecule has 0 bridgehead atoms. The van der Waals surface area contributed by atoms with Crippen molar-refractivity contribution in [3.63, 3.8) is 0 Å². The van der Waals surface area contributed by atoms with Gasteiger partial charge < -0.3 is 5.32 Å². The van der Waals surface area contributed by atoms with E-state index in [2.05, 4.69) is 31.4 Å². The minimum atomic E-state index is 0.443. The Kier molecular flexibility index (Phi) is 3.56. The highest BCUT2D eigenvalue weighted by Gasteiger charge is 2.34. The Morgan fingerprint density at radius 2 is 2.31 bits per heavy atom. The molecule has 0 aromatic heterocycles. The zero-order valence-electron chi connectivity index (χ0n) is 10.1. The van der Waals surface area contributed by atoms with E-state index in [0.29, 0.717) is 11.5 Å². The summed E-state index contributed by atoms with van der Waals surface area (Å²) in [4.78, 5) is 0. The molecule has 0 radical (unpaired) electrons. The number of hydrogen-bond donors (Lipinski definition) is 1. The van der Waals surface area contributed by atoms with E-state index in [-0.39, 0.29) is 0 Å². The number of rotatable bonds is 3. The monoisotopic (exact) mass is 237 g/mol. The highest BCUT2D eigenvalue weighted by Crippen LogP contribution is 2.40. The second kappa shape index (κ2) is 4.77. The molecule has 1 aromatic carbocycles. The third kappa shape index (κ3) is 2.78. The fourth-order valence-electron chi connectivity index (χ4n) is 2.87. The van der Waals surface area contributed by atoms with Crippen LogP contribution in [0.5, 0.6) is 0 Å². The molecule has 1 aliphatic rings. The van der Waals surface area contributed by atoms with E-state index in [0.717, 1.165) is 11.4 Å². The van der Waals surface area contributed by atoms with Crippen molar-refractivity contribution in [2.24, 2.45) is 5.41 Å². The second-order valence-electron chi connectivity index (χ2n) is 5.35. The van der Waals surface area contributed by atoms with Crippen molar-refractivity contribution in [3.8, 4) is 0 Å². The summed E-state index contributed by atoms with van der Waals surface area (Å²) in [6.07, 6.45) is 5.03. The van der Waals surface area contributed by atoms with Gasteiger partial charge in [-0.1, -0.05) is 30.7 Å². The summed E-state index contributed by atoms with van der Waals surface area (Å²) >= 11 is 6.02. The number of halogens is 1. The topological polar surface area (TPSA) is 12.0 Å². The predicted octanol–water partition coefficient (Wildman–Crippen LogP) is 3.66. The molecule has 2 heteroatoms. The first-order valence-electron chi connectivity index (χ1n) is 6.03. The van der Waals surface area contributed by atoms with Crippen LogP contribution in [0.3, 0.4) is 0 Å².